The number of benzene rings is 6. The molecule has 0 bridgehead atoms. The number of aliphatic carboxylic acids is 1. The van der Waals surface area contributed by atoms with Crippen molar-refractivity contribution in [1.82, 2.24) is 14.2 Å². The minimum atomic E-state index is -0.999. The number of rotatable bonds is 13. The van der Waals surface area contributed by atoms with Crippen molar-refractivity contribution in [3.05, 3.63) is 187 Å². The predicted molar refractivity (Wildman–Crippen MR) is 367 cm³/mol. The fourth-order valence-corrected chi connectivity index (χ4v) is 15.5. The first kappa shape index (κ1) is 63.6. The lowest BCUT2D eigenvalue weighted by atomic mass is 9.84. The number of imide groups is 1. The van der Waals surface area contributed by atoms with Gasteiger partial charge in [-0.1, -0.05) is 36.4 Å². The summed E-state index contributed by atoms with van der Waals surface area (Å²) in [7, 11) is 0. The first-order chi connectivity index (χ1) is 44.1. The van der Waals surface area contributed by atoms with E-state index >= 15 is 0 Å². The number of allylic oxidation sites excluding steroid dienone is 4. The number of fused-ring (bicyclic) bond motifs is 8. The van der Waals surface area contributed by atoms with Crippen LogP contribution < -0.4 is 59.1 Å². The molecule has 15 heteroatoms. The predicted octanol–water partition coefficient (Wildman–Crippen LogP) is 12.0. The van der Waals surface area contributed by atoms with Crippen LogP contribution in [0.15, 0.2) is 121 Å². The zero-order valence-corrected chi connectivity index (χ0v) is 56.6. The maximum Gasteiger partial charge on any atom is 0.370 e. The number of carbonyl (C=O) groups is 4. The van der Waals surface area contributed by atoms with Crippen LogP contribution in [0.5, 0.6) is 34.5 Å². The van der Waals surface area contributed by atoms with Crippen LogP contribution in [0.1, 0.15) is 168 Å². The number of nitrogens with zero attached hydrogens (tertiary/aromatic N) is 5. The highest BCUT2D eigenvalue weighted by Crippen LogP contribution is 2.49. The van der Waals surface area contributed by atoms with Crippen LogP contribution in [-0.2, 0) is 24.0 Å². The van der Waals surface area contributed by atoms with Gasteiger partial charge in [0, 0.05) is 132 Å². The lowest BCUT2D eigenvalue weighted by molar-refractivity contribution is -0.198. The molecule has 0 saturated carbocycles. The normalized spacial score (nSPS) is 18.0. The quantitative estimate of drug-likeness (QED) is 0.0864. The smallest absolute Gasteiger partial charge is 0.370 e. The van der Waals surface area contributed by atoms with Gasteiger partial charge in [0.1, 0.15) is 47.6 Å². The molecule has 0 spiro atoms. The third-order valence-corrected chi connectivity index (χ3v) is 19.3. The third-order valence-electron chi connectivity index (χ3n) is 19.3. The molecule has 1 fully saturated rings. The lowest BCUT2D eigenvalue weighted by Crippen LogP contribution is -2.49. The van der Waals surface area contributed by atoms with Crippen molar-refractivity contribution in [3.8, 4) is 34.5 Å². The van der Waals surface area contributed by atoms with Gasteiger partial charge in [0.2, 0.25) is 10.7 Å². The molecule has 0 aromatic heterocycles. The van der Waals surface area contributed by atoms with Gasteiger partial charge in [0.05, 0.1) is 23.2 Å². The summed E-state index contributed by atoms with van der Waals surface area (Å²) in [4.78, 5) is 56.9. The summed E-state index contributed by atoms with van der Waals surface area (Å²) >= 11 is 0. The first-order valence-corrected chi connectivity index (χ1v) is 32.5. The van der Waals surface area contributed by atoms with Gasteiger partial charge in [0.25, 0.3) is 11.8 Å². The van der Waals surface area contributed by atoms with Gasteiger partial charge in [-0.15, -0.1) is 5.06 Å². The Bertz CT molecular complexity index is 4600. The number of likely N-dealkylation sites (N-methyl/N-ethyl adjacent to an activating group) is 4. The minimum absolute atomic E-state index is 0.0333. The molecule has 6 aromatic rings. The van der Waals surface area contributed by atoms with Crippen molar-refractivity contribution in [3.63, 3.8) is 0 Å². The zero-order chi connectivity index (χ0) is 66.5. The van der Waals surface area contributed by atoms with E-state index in [1.807, 2.05) is 48.5 Å². The SMILES string of the molecule is CCN1c2cc3c(cc2C(C)=CC1(C)C)C(c1ccc(OCC(=O)O)cc1)=c1cc2c(cc1O3)=[N+](CC)C(C)(C)C=C2C.CCN1c2cc3c(cc2C(C)=CC1(C)C)C(c1ccc(OCC(=O)ON2C(=O)CCC2=O)cc1)=c1cc2c(cc1O3)=[N+](CC)C(C)(C)C=C2C. The number of anilines is 2. The fourth-order valence-electron chi connectivity index (χ4n) is 15.5. The van der Waals surface area contributed by atoms with E-state index in [0.29, 0.717) is 16.6 Å². The number of carbonyl (C=O) groups excluding carboxylic acids is 3. The van der Waals surface area contributed by atoms with Crippen molar-refractivity contribution in [2.45, 2.75) is 146 Å². The second kappa shape index (κ2) is 23.6. The Morgan fingerprint density at radius 3 is 1.26 bits per heavy atom. The van der Waals surface area contributed by atoms with Crippen molar-refractivity contribution < 1.29 is 48.1 Å². The van der Waals surface area contributed by atoms with E-state index in [2.05, 4.69) is 203 Å². The van der Waals surface area contributed by atoms with E-state index in [4.69, 9.17) is 28.9 Å². The second-order valence-corrected chi connectivity index (χ2v) is 27.4. The highest BCUT2D eigenvalue weighted by molar-refractivity contribution is 6.02. The average Bonchev–Trinajstić information content (AvgIpc) is 0.945. The molecule has 0 radical (unpaired) electrons. The molecule has 7 aliphatic heterocycles. The first-order valence-electron chi connectivity index (χ1n) is 32.5. The van der Waals surface area contributed by atoms with Gasteiger partial charge in [-0.3, -0.25) is 9.59 Å². The minimum Gasteiger partial charge on any atom is -0.482 e. The maximum atomic E-state index is 12.4. The van der Waals surface area contributed by atoms with Gasteiger partial charge in [-0.05, 0) is 177 Å². The van der Waals surface area contributed by atoms with E-state index in [0.717, 1.165) is 104 Å². The molecule has 1 saturated heterocycles. The Morgan fingerprint density at radius 1 is 0.495 bits per heavy atom. The van der Waals surface area contributed by atoms with Crippen LogP contribution in [0.3, 0.4) is 0 Å². The Balaban J connectivity index is 0.000000181. The molecule has 15 nitrogen and oxygen atoms in total. The lowest BCUT2D eigenvalue weighted by Gasteiger charge is -2.43. The van der Waals surface area contributed by atoms with E-state index in [1.54, 1.807) is 0 Å². The summed E-state index contributed by atoms with van der Waals surface area (Å²) in [6, 6.07) is 33.2. The van der Waals surface area contributed by atoms with Gasteiger partial charge in [-0.2, -0.15) is 0 Å². The van der Waals surface area contributed by atoms with Crippen LogP contribution in [-0.4, -0.2) is 95.5 Å². The summed E-state index contributed by atoms with van der Waals surface area (Å²) in [6.45, 7) is 38.2. The Morgan fingerprint density at radius 2 is 0.882 bits per heavy atom. The molecule has 93 heavy (non-hydrogen) atoms. The third kappa shape index (κ3) is 11.3. The van der Waals surface area contributed by atoms with Crippen LogP contribution in [0, 0.1) is 0 Å². The van der Waals surface area contributed by atoms with Crippen molar-refractivity contribution in [2.24, 2.45) is 0 Å². The molecular formula is C78H85N5O10+2. The molecule has 0 unspecified atom stereocenters. The summed E-state index contributed by atoms with van der Waals surface area (Å²) < 4.78 is 29.7. The standard InChI is InChI=1S/C41H44N3O6.C37H40N2O4/c1-9-42-32-19-34-30(17-28(32)24(3)21-40(42,5)6)39(31-18-29-25(4)22-41(7,8)43(10-2)33(29)20-35(31)49-34)26-11-13-27(14-12-26)48-23-38(47)50-44-36(45)15-16-37(44)46;1-9-38-30-17-32-28(15-26(30)22(3)19-36(38,5)6)35(24-11-13-25(14-12-24)42-21-34(40)41)29-16-27-23(4)20-37(7,8)39(10-2)31(27)18-33(29)43-32/h11-14,17-22H,9-10,15-16,23H2,1-8H3;11-20H,9-10,21H2,1-8H3/q+1;/p+1. The number of carboxylic acid groups (broad SMARTS) is 1. The molecule has 2 amide bonds. The molecule has 0 aliphatic carbocycles. The summed E-state index contributed by atoms with van der Waals surface area (Å²) in [5, 5.41) is 14.0. The summed E-state index contributed by atoms with van der Waals surface area (Å²) in [5.74, 6) is 1.36. The zero-order valence-electron chi connectivity index (χ0n) is 56.6. The molecule has 7 heterocycles. The van der Waals surface area contributed by atoms with Crippen molar-refractivity contribution in [1.29, 1.82) is 0 Å². The van der Waals surface area contributed by atoms with E-state index in [1.165, 1.54) is 55.6 Å². The molecular weight excluding hydrogens is 1170 g/mol. The highest BCUT2D eigenvalue weighted by Gasteiger charge is 2.39. The number of hydrogen-bond donors (Lipinski definition) is 1. The van der Waals surface area contributed by atoms with Crippen LogP contribution in [0.4, 0.5) is 11.4 Å². The van der Waals surface area contributed by atoms with E-state index in [9.17, 15) is 19.2 Å². The highest BCUT2D eigenvalue weighted by atomic mass is 16.7. The topological polar surface area (TPSA) is 150 Å². The molecule has 1 N–H and O–H groups in total. The molecule has 13 rings (SSSR count). The fraction of sp³-hybridized carbons (Fsp3) is 0.359. The Labute approximate surface area is 544 Å². The number of hydroxylamine groups is 2. The summed E-state index contributed by atoms with van der Waals surface area (Å²) in [6.07, 6.45) is 9.43. The average molecular weight is 1250 g/mol. The largest absolute Gasteiger partial charge is 0.482 e. The van der Waals surface area contributed by atoms with Crippen molar-refractivity contribution in [2.75, 3.05) is 49.2 Å². The molecule has 0 atom stereocenters. The number of hydrogen-bond acceptors (Lipinski definition) is 11. The van der Waals surface area contributed by atoms with E-state index < -0.39 is 30.4 Å². The van der Waals surface area contributed by atoms with Crippen LogP contribution in [0.2, 0.25) is 0 Å². The second-order valence-electron chi connectivity index (χ2n) is 27.4. The van der Waals surface area contributed by atoms with Gasteiger partial charge < -0.3 is 38.7 Å². The van der Waals surface area contributed by atoms with Gasteiger partial charge in [-0.25, -0.2) is 18.7 Å². The van der Waals surface area contributed by atoms with Crippen LogP contribution in [0.25, 0.3) is 33.4 Å². The molecule has 6 aromatic carbocycles. The van der Waals surface area contributed by atoms with Crippen molar-refractivity contribution >= 4 is 68.6 Å². The number of ether oxygens (including phenoxy) is 4. The van der Waals surface area contributed by atoms with Gasteiger partial charge >= 0.3 is 11.9 Å². The van der Waals surface area contributed by atoms with Crippen LogP contribution >= 0.6 is 0 Å². The van der Waals surface area contributed by atoms with E-state index in [-0.39, 0.29) is 41.6 Å². The van der Waals surface area contributed by atoms with Gasteiger partial charge in [0.15, 0.2) is 24.3 Å². The molecule has 480 valence electrons. The number of carboxylic acids is 1. The Hall–Kier alpha value is -9.50. The maximum absolute atomic E-state index is 12.4. The number of amides is 2. The monoisotopic (exact) mass is 1250 g/mol. The summed E-state index contributed by atoms with van der Waals surface area (Å²) in [5.41, 5.74) is 17.7. The Kier molecular flexibility index (Phi) is 16.1. The molecule has 7 aliphatic rings.